The third-order valence-electron chi connectivity index (χ3n) is 2.42. The van der Waals surface area contributed by atoms with Gasteiger partial charge in [0.15, 0.2) is 0 Å². The quantitative estimate of drug-likeness (QED) is 0.750. The Hall–Kier alpha value is -1.33. The monoisotopic (exact) mass is 226 g/mol. The van der Waals surface area contributed by atoms with E-state index in [1.165, 1.54) is 7.11 Å². The molecule has 5 heteroatoms. The van der Waals surface area contributed by atoms with Crippen LogP contribution in [0, 0.1) is 6.92 Å². The van der Waals surface area contributed by atoms with E-state index in [4.69, 9.17) is 14.9 Å². The fourth-order valence-electron chi connectivity index (χ4n) is 1.58. The fourth-order valence-corrected chi connectivity index (χ4v) is 1.58. The van der Waals surface area contributed by atoms with Crippen molar-refractivity contribution in [1.82, 2.24) is 5.32 Å². The van der Waals surface area contributed by atoms with E-state index in [1.807, 2.05) is 19.9 Å². The zero-order valence-electron chi connectivity index (χ0n) is 9.82. The van der Waals surface area contributed by atoms with Gasteiger partial charge >= 0.3 is 0 Å². The largest absolute Gasteiger partial charge is 0.467 e. The van der Waals surface area contributed by atoms with E-state index < -0.39 is 11.9 Å². The Morgan fingerprint density at radius 1 is 1.69 bits per heavy atom. The molecule has 0 bridgehead atoms. The van der Waals surface area contributed by atoms with Crippen LogP contribution in [0.25, 0.3) is 0 Å². The molecule has 1 amide bonds. The maximum atomic E-state index is 11.1. The van der Waals surface area contributed by atoms with Crippen molar-refractivity contribution in [3.63, 3.8) is 0 Å². The summed E-state index contributed by atoms with van der Waals surface area (Å²) in [6.07, 6.45) is 1.62. The number of nitrogens with two attached hydrogens (primary N) is 1. The molecule has 0 saturated heterocycles. The molecule has 1 heterocycles. The van der Waals surface area contributed by atoms with Crippen LogP contribution in [0.5, 0.6) is 0 Å². The lowest BCUT2D eigenvalue weighted by molar-refractivity contribution is -0.121. The van der Waals surface area contributed by atoms with E-state index in [1.54, 1.807) is 6.26 Å². The highest BCUT2D eigenvalue weighted by Crippen LogP contribution is 2.18. The molecule has 0 fully saturated rings. The highest BCUT2D eigenvalue weighted by molar-refractivity contribution is 5.80. The van der Waals surface area contributed by atoms with Crippen molar-refractivity contribution in [2.45, 2.75) is 25.9 Å². The molecule has 3 N–H and O–H groups in total. The molecule has 0 radical (unpaired) electrons. The lowest BCUT2D eigenvalue weighted by atomic mass is 10.1. The predicted molar refractivity (Wildman–Crippen MR) is 59.9 cm³/mol. The van der Waals surface area contributed by atoms with Crippen molar-refractivity contribution in [1.29, 1.82) is 0 Å². The van der Waals surface area contributed by atoms with E-state index in [2.05, 4.69) is 5.32 Å². The van der Waals surface area contributed by atoms with Crippen LogP contribution in [0.2, 0.25) is 0 Å². The van der Waals surface area contributed by atoms with Gasteiger partial charge < -0.3 is 14.9 Å². The number of methoxy groups -OCH3 is 1. The number of carbonyl (C=O) groups excluding carboxylic acids is 1. The summed E-state index contributed by atoms with van der Waals surface area (Å²) in [5.41, 5.74) is 6.29. The topological polar surface area (TPSA) is 77.5 Å². The number of nitrogens with one attached hydrogen (secondary N) is 1. The lowest BCUT2D eigenvalue weighted by Crippen LogP contribution is -2.45. The Labute approximate surface area is 94.9 Å². The number of furan rings is 1. The molecule has 1 aromatic heterocycles. The van der Waals surface area contributed by atoms with Gasteiger partial charge in [-0.1, -0.05) is 0 Å². The summed E-state index contributed by atoms with van der Waals surface area (Å²) in [7, 11) is 1.53. The first kappa shape index (κ1) is 12.7. The van der Waals surface area contributed by atoms with Crippen molar-refractivity contribution >= 4 is 5.91 Å². The van der Waals surface area contributed by atoms with Crippen molar-refractivity contribution in [2.24, 2.45) is 5.73 Å². The summed E-state index contributed by atoms with van der Waals surface area (Å²) >= 11 is 0. The van der Waals surface area contributed by atoms with E-state index in [9.17, 15) is 4.79 Å². The predicted octanol–water partition coefficient (Wildman–Crippen LogP) is 0.739. The Morgan fingerprint density at radius 3 is 2.81 bits per heavy atom. The van der Waals surface area contributed by atoms with Crippen LogP contribution < -0.4 is 11.1 Å². The molecule has 0 aromatic carbocycles. The average molecular weight is 226 g/mol. The van der Waals surface area contributed by atoms with Gasteiger partial charge in [-0.2, -0.15) is 0 Å². The third kappa shape index (κ3) is 3.08. The number of hydrogen-bond donors (Lipinski definition) is 2. The minimum absolute atomic E-state index is 0.0809. The van der Waals surface area contributed by atoms with E-state index in [0.29, 0.717) is 0 Å². The van der Waals surface area contributed by atoms with Crippen LogP contribution in [0.4, 0.5) is 0 Å². The van der Waals surface area contributed by atoms with Crippen LogP contribution in [-0.4, -0.2) is 25.7 Å². The Bertz CT molecular complexity index is 349. The molecule has 1 aromatic rings. The molecule has 2 unspecified atom stereocenters. The Balaban J connectivity index is 2.65. The molecule has 5 nitrogen and oxygen atoms in total. The molecule has 0 saturated carbocycles. The van der Waals surface area contributed by atoms with Gasteiger partial charge in [-0.25, -0.2) is 0 Å². The molecule has 0 aliphatic heterocycles. The Kier molecular flexibility index (Phi) is 4.52. The highest BCUT2D eigenvalue weighted by Gasteiger charge is 2.20. The molecule has 90 valence electrons. The molecule has 16 heavy (non-hydrogen) atoms. The van der Waals surface area contributed by atoms with Gasteiger partial charge in [0.25, 0.3) is 0 Å². The van der Waals surface area contributed by atoms with E-state index >= 15 is 0 Å². The summed E-state index contributed by atoms with van der Waals surface area (Å²) in [6, 6.07) is 1.29. The number of primary amides is 1. The number of rotatable bonds is 6. The van der Waals surface area contributed by atoms with Gasteiger partial charge in [-0.3, -0.25) is 10.1 Å². The van der Waals surface area contributed by atoms with E-state index in [0.717, 1.165) is 11.3 Å². The molecule has 0 spiro atoms. The molecule has 1 rings (SSSR count). The number of carbonyl (C=O) groups is 1. The van der Waals surface area contributed by atoms with Gasteiger partial charge in [0, 0.05) is 7.11 Å². The zero-order valence-corrected chi connectivity index (χ0v) is 9.82. The van der Waals surface area contributed by atoms with Gasteiger partial charge in [-0.15, -0.1) is 0 Å². The summed E-state index contributed by atoms with van der Waals surface area (Å²) in [4.78, 5) is 11.1. The van der Waals surface area contributed by atoms with Crippen molar-refractivity contribution in [2.75, 3.05) is 13.7 Å². The Morgan fingerprint density at radius 2 is 2.38 bits per heavy atom. The highest BCUT2D eigenvalue weighted by atomic mass is 16.5. The van der Waals surface area contributed by atoms with Crippen molar-refractivity contribution < 1.29 is 13.9 Å². The summed E-state index contributed by atoms with van der Waals surface area (Å²) in [5, 5.41) is 3.07. The smallest absolute Gasteiger partial charge is 0.236 e. The number of hydrogen-bond acceptors (Lipinski definition) is 4. The van der Waals surface area contributed by atoms with Gasteiger partial charge in [0.1, 0.15) is 11.8 Å². The summed E-state index contributed by atoms with van der Waals surface area (Å²) in [6.45, 7) is 4.11. The van der Waals surface area contributed by atoms with Crippen LogP contribution in [0.3, 0.4) is 0 Å². The van der Waals surface area contributed by atoms with Gasteiger partial charge in [0.2, 0.25) is 5.91 Å². The first-order chi connectivity index (χ1) is 7.56. The summed E-state index contributed by atoms with van der Waals surface area (Å²) < 4.78 is 10.2. The van der Waals surface area contributed by atoms with Crippen molar-refractivity contribution in [3.8, 4) is 0 Å². The van der Waals surface area contributed by atoms with Crippen molar-refractivity contribution in [3.05, 3.63) is 23.7 Å². The molecule has 2 atom stereocenters. The minimum atomic E-state index is -0.510. The SMILES string of the molecule is COCC(NC(C)c1occc1C)C(N)=O. The second-order valence-corrected chi connectivity index (χ2v) is 3.77. The molecule has 0 aliphatic rings. The number of amides is 1. The van der Waals surface area contributed by atoms with Crippen LogP contribution in [-0.2, 0) is 9.53 Å². The second kappa shape index (κ2) is 5.67. The first-order valence-corrected chi connectivity index (χ1v) is 5.14. The van der Waals surface area contributed by atoms with E-state index in [-0.39, 0.29) is 12.6 Å². The lowest BCUT2D eigenvalue weighted by Gasteiger charge is -2.19. The molecule has 0 aliphatic carbocycles. The second-order valence-electron chi connectivity index (χ2n) is 3.77. The molecular formula is C11H18N2O3. The van der Waals surface area contributed by atoms with Crippen LogP contribution >= 0.6 is 0 Å². The average Bonchev–Trinajstić information content (AvgIpc) is 2.63. The minimum Gasteiger partial charge on any atom is -0.467 e. The number of ether oxygens (including phenoxy) is 1. The normalized spacial score (nSPS) is 14.7. The zero-order chi connectivity index (χ0) is 12.1. The van der Waals surface area contributed by atoms with Crippen LogP contribution in [0.1, 0.15) is 24.3 Å². The molecular weight excluding hydrogens is 208 g/mol. The van der Waals surface area contributed by atoms with Gasteiger partial charge in [0.05, 0.1) is 18.9 Å². The number of aryl methyl sites for hydroxylation is 1. The maximum Gasteiger partial charge on any atom is 0.236 e. The third-order valence-corrected chi connectivity index (χ3v) is 2.42. The summed E-state index contributed by atoms with van der Waals surface area (Å²) in [5.74, 6) is 0.375. The standard InChI is InChI=1S/C11H18N2O3/c1-7-4-5-16-10(7)8(2)13-9(6-15-3)11(12)14/h4-5,8-9,13H,6H2,1-3H3,(H2,12,14). The maximum absolute atomic E-state index is 11.1. The fraction of sp³-hybridized carbons (Fsp3) is 0.545. The van der Waals surface area contributed by atoms with Crippen LogP contribution in [0.15, 0.2) is 16.7 Å². The van der Waals surface area contributed by atoms with Gasteiger partial charge in [-0.05, 0) is 25.5 Å². The first-order valence-electron chi connectivity index (χ1n) is 5.14.